The normalized spacial score (nSPS) is 21.2. The second kappa shape index (κ2) is 8.07. The van der Waals surface area contributed by atoms with Gasteiger partial charge in [-0.3, -0.25) is 9.69 Å². The van der Waals surface area contributed by atoms with Crippen LogP contribution in [0.25, 0.3) is 0 Å². The molecule has 132 valence electrons. The number of nitrogens with zero attached hydrogens (tertiary/aromatic N) is 2. The molecular formula is C19H26Cl2N2O. The summed E-state index contributed by atoms with van der Waals surface area (Å²) in [5.41, 5.74) is 1.07. The molecule has 2 aliphatic rings. The molecule has 3 rings (SSSR count). The number of benzene rings is 1. The molecule has 3 nitrogen and oxygen atoms in total. The van der Waals surface area contributed by atoms with Gasteiger partial charge in [0.2, 0.25) is 5.91 Å². The third kappa shape index (κ3) is 4.25. The molecular weight excluding hydrogens is 343 g/mol. The Morgan fingerprint density at radius 1 is 1.08 bits per heavy atom. The first-order chi connectivity index (χ1) is 11.5. The lowest BCUT2D eigenvalue weighted by atomic mass is 9.92. The zero-order chi connectivity index (χ0) is 17.1. The van der Waals surface area contributed by atoms with E-state index in [4.69, 9.17) is 23.2 Å². The summed E-state index contributed by atoms with van der Waals surface area (Å²) in [6, 6.07) is 5.79. The second-order valence-corrected chi connectivity index (χ2v) is 8.06. The quantitative estimate of drug-likeness (QED) is 0.785. The van der Waals surface area contributed by atoms with Crippen molar-refractivity contribution >= 4 is 29.1 Å². The summed E-state index contributed by atoms with van der Waals surface area (Å²) in [7, 11) is 0. The van der Waals surface area contributed by atoms with Gasteiger partial charge >= 0.3 is 0 Å². The first kappa shape index (κ1) is 18.0. The third-order valence-electron chi connectivity index (χ3n) is 5.46. The molecule has 0 aromatic heterocycles. The Balaban J connectivity index is 1.50. The highest BCUT2D eigenvalue weighted by molar-refractivity contribution is 6.42. The summed E-state index contributed by atoms with van der Waals surface area (Å²) in [4.78, 5) is 17.2. The Kier molecular flexibility index (Phi) is 6.07. The summed E-state index contributed by atoms with van der Waals surface area (Å²) >= 11 is 12.4. The zero-order valence-corrected chi connectivity index (χ0v) is 15.8. The van der Waals surface area contributed by atoms with Gasteiger partial charge in [0, 0.05) is 25.6 Å². The van der Waals surface area contributed by atoms with Crippen LogP contribution in [0.15, 0.2) is 18.2 Å². The van der Waals surface area contributed by atoms with Crippen LogP contribution in [0.1, 0.15) is 38.2 Å². The number of carbonyl (C=O) groups excluding carboxylic acids is 1. The number of piperidine rings is 2. The Morgan fingerprint density at radius 3 is 2.42 bits per heavy atom. The van der Waals surface area contributed by atoms with E-state index >= 15 is 0 Å². The molecule has 2 saturated heterocycles. The van der Waals surface area contributed by atoms with Gasteiger partial charge in [0.25, 0.3) is 0 Å². The molecule has 24 heavy (non-hydrogen) atoms. The summed E-state index contributed by atoms with van der Waals surface area (Å²) in [6.45, 7) is 6.87. The van der Waals surface area contributed by atoms with Crippen LogP contribution in [0, 0.1) is 11.8 Å². The first-order valence-corrected chi connectivity index (χ1v) is 9.74. The number of halogens is 2. The van der Waals surface area contributed by atoms with Gasteiger partial charge in [-0.1, -0.05) is 42.3 Å². The van der Waals surface area contributed by atoms with Crippen LogP contribution in [-0.2, 0) is 11.3 Å². The predicted molar refractivity (Wildman–Crippen MR) is 99.4 cm³/mol. The lowest BCUT2D eigenvalue weighted by molar-refractivity contribution is -0.138. The predicted octanol–water partition coefficient (Wildman–Crippen LogP) is 4.46. The molecule has 5 heteroatoms. The minimum atomic E-state index is 0.199. The number of rotatable bonds is 3. The standard InChI is InChI=1S/C19H26Cl2N2O/c1-14-5-11-23(12-6-14)19(24)15-7-9-22(10-8-15)13-16-3-2-4-17(20)18(16)21/h2-4,14-15H,5-13H2,1H3. The minimum Gasteiger partial charge on any atom is -0.342 e. The minimum absolute atomic E-state index is 0.199. The highest BCUT2D eigenvalue weighted by atomic mass is 35.5. The van der Waals surface area contributed by atoms with Crippen LogP contribution < -0.4 is 0 Å². The Morgan fingerprint density at radius 2 is 1.75 bits per heavy atom. The molecule has 0 radical (unpaired) electrons. The smallest absolute Gasteiger partial charge is 0.225 e. The number of amides is 1. The van der Waals surface area contributed by atoms with Gasteiger partial charge in [0.15, 0.2) is 0 Å². The van der Waals surface area contributed by atoms with Crippen LogP contribution in [0.3, 0.4) is 0 Å². The monoisotopic (exact) mass is 368 g/mol. The van der Waals surface area contributed by atoms with E-state index in [0.29, 0.717) is 16.0 Å². The van der Waals surface area contributed by atoms with E-state index in [-0.39, 0.29) is 5.92 Å². The number of carbonyl (C=O) groups is 1. The summed E-state index contributed by atoms with van der Waals surface area (Å²) in [6.07, 6.45) is 4.20. The molecule has 0 spiro atoms. The van der Waals surface area contributed by atoms with E-state index in [9.17, 15) is 4.79 Å². The average Bonchev–Trinajstić information content (AvgIpc) is 2.60. The second-order valence-electron chi connectivity index (χ2n) is 7.27. The van der Waals surface area contributed by atoms with Crippen LogP contribution in [-0.4, -0.2) is 41.9 Å². The van der Waals surface area contributed by atoms with Gasteiger partial charge in [-0.15, -0.1) is 0 Å². The van der Waals surface area contributed by atoms with Crippen molar-refractivity contribution in [2.24, 2.45) is 11.8 Å². The van der Waals surface area contributed by atoms with Gasteiger partial charge in [0.05, 0.1) is 10.0 Å². The van der Waals surface area contributed by atoms with Gasteiger partial charge in [-0.25, -0.2) is 0 Å². The first-order valence-electron chi connectivity index (χ1n) is 8.98. The van der Waals surface area contributed by atoms with Crippen LogP contribution in [0.2, 0.25) is 10.0 Å². The highest BCUT2D eigenvalue weighted by Crippen LogP contribution is 2.29. The molecule has 2 fully saturated rings. The fourth-order valence-corrected chi connectivity index (χ4v) is 4.12. The summed E-state index contributed by atoms with van der Waals surface area (Å²) in [5.74, 6) is 1.34. The van der Waals surface area contributed by atoms with E-state index in [2.05, 4.69) is 16.7 Å². The zero-order valence-electron chi connectivity index (χ0n) is 14.3. The van der Waals surface area contributed by atoms with E-state index in [1.54, 1.807) is 0 Å². The number of likely N-dealkylation sites (tertiary alicyclic amines) is 2. The number of hydrogen-bond acceptors (Lipinski definition) is 2. The fraction of sp³-hybridized carbons (Fsp3) is 0.632. The van der Waals surface area contributed by atoms with Crippen molar-refractivity contribution < 1.29 is 4.79 Å². The molecule has 1 aromatic carbocycles. The molecule has 0 aliphatic carbocycles. The summed E-state index contributed by atoms with van der Waals surface area (Å²) < 4.78 is 0. The molecule has 1 amide bonds. The van der Waals surface area contributed by atoms with Crippen molar-refractivity contribution in [1.82, 2.24) is 9.80 Å². The molecule has 0 N–H and O–H groups in total. The van der Waals surface area contributed by atoms with Crippen molar-refractivity contribution in [3.8, 4) is 0 Å². The third-order valence-corrected chi connectivity index (χ3v) is 6.32. The Labute approximate surface area is 154 Å². The van der Waals surface area contributed by atoms with E-state index in [1.807, 2.05) is 18.2 Å². The van der Waals surface area contributed by atoms with Crippen molar-refractivity contribution in [3.63, 3.8) is 0 Å². The van der Waals surface area contributed by atoms with Crippen LogP contribution in [0.5, 0.6) is 0 Å². The van der Waals surface area contributed by atoms with E-state index < -0.39 is 0 Å². The maximum Gasteiger partial charge on any atom is 0.225 e. The van der Waals surface area contributed by atoms with Crippen molar-refractivity contribution in [2.45, 2.75) is 39.2 Å². The van der Waals surface area contributed by atoms with Gasteiger partial charge in [-0.2, -0.15) is 0 Å². The van der Waals surface area contributed by atoms with Gasteiger partial charge in [0.1, 0.15) is 0 Å². The van der Waals surface area contributed by atoms with Crippen LogP contribution >= 0.6 is 23.2 Å². The van der Waals surface area contributed by atoms with Crippen molar-refractivity contribution in [3.05, 3.63) is 33.8 Å². The highest BCUT2D eigenvalue weighted by Gasteiger charge is 2.30. The molecule has 0 bridgehead atoms. The SMILES string of the molecule is CC1CCN(C(=O)C2CCN(Cc3cccc(Cl)c3Cl)CC2)CC1. The Bertz CT molecular complexity index is 577. The van der Waals surface area contributed by atoms with E-state index in [0.717, 1.165) is 69.9 Å². The Hall–Kier alpha value is -0.770. The number of hydrogen-bond donors (Lipinski definition) is 0. The molecule has 0 atom stereocenters. The topological polar surface area (TPSA) is 23.6 Å². The molecule has 1 aromatic rings. The van der Waals surface area contributed by atoms with Gasteiger partial charge in [-0.05, 0) is 56.3 Å². The lowest BCUT2D eigenvalue weighted by Crippen LogP contribution is -2.45. The van der Waals surface area contributed by atoms with E-state index in [1.165, 1.54) is 0 Å². The average molecular weight is 369 g/mol. The van der Waals surface area contributed by atoms with Crippen molar-refractivity contribution in [1.29, 1.82) is 0 Å². The molecule has 2 heterocycles. The fourth-order valence-electron chi connectivity index (χ4n) is 3.74. The van der Waals surface area contributed by atoms with Gasteiger partial charge < -0.3 is 4.90 Å². The lowest BCUT2D eigenvalue weighted by Gasteiger charge is -2.36. The van der Waals surface area contributed by atoms with Crippen LogP contribution in [0.4, 0.5) is 0 Å². The molecule has 0 unspecified atom stereocenters. The molecule has 2 aliphatic heterocycles. The summed E-state index contributed by atoms with van der Waals surface area (Å²) in [5, 5.41) is 1.26. The largest absolute Gasteiger partial charge is 0.342 e. The van der Waals surface area contributed by atoms with Crippen molar-refractivity contribution in [2.75, 3.05) is 26.2 Å². The maximum atomic E-state index is 12.7. The maximum absolute atomic E-state index is 12.7. The molecule has 0 saturated carbocycles.